The number of carbonyl (C=O) groups excluding carboxylic acids is 1. The van der Waals surface area contributed by atoms with Gasteiger partial charge >= 0.3 is 0 Å². The van der Waals surface area contributed by atoms with E-state index in [9.17, 15) is 14.3 Å². The minimum absolute atomic E-state index is 0.0811. The average molecular weight is 411 g/mol. The second-order valence-electron chi connectivity index (χ2n) is 7.71. The van der Waals surface area contributed by atoms with Crippen molar-refractivity contribution < 1.29 is 14.3 Å². The maximum absolute atomic E-state index is 14.9. The minimum atomic E-state index is -0.944. The Morgan fingerprint density at radius 1 is 1.17 bits per heavy atom. The average Bonchev–Trinajstić information content (AvgIpc) is 3.00. The number of amides is 1. The van der Waals surface area contributed by atoms with Crippen LogP contribution in [0, 0.1) is 5.82 Å². The van der Waals surface area contributed by atoms with Crippen LogP contribution in [0.5, 0.6) is 0 Å². The van der Waals surface area contributed by atoms with Crippen molar-refractivity contribution in [3.05, 3.63) is 88.0 Å². The highest BCUT2D eigenvalue weighted by Gasteiger charge is 2.29. The van der Waals surface area contributed by atoms with Gasteiger partial charge in [0.05, 0.1) is 29.9 Å². The van der Waals surface area contributed by atoms with E-state index in [2.05, 4.69) is 4.98 Å². The molecule has 0 unspecified atom stereocenters. The predicted octanol–water partition coefficient (Wildman–Crippen LogP) is 4.92. The van der Waals surface area contributed by atoms with Crippen LogP contribution in [-0.2, 0) is 18.7 Å². The van der Waals surface area contributed by atoms with E-state index in [1.54, 1.807) is 43.1 Å². The molecule has 6 heteroatoms. The van der Waals surface area contributed by atoms with E-state index >= 15 is 0 Å². The summed E-state index contributed by atoms with van der Waals surface area (Å²) in [5.74, 6) is -0.634. The zero-order valence-electron chi connectivity index (χ0n) is 16.1. The van der Waals surface area contributed by atoms with E-state index in [4.69, 9.17) is 11.6 Å². The lowest BCUT2D eigenvalue weighted by atomic mass is 9.95. The van der Waals surface area contributed by atoms with E-state index < -0.39 is 11.4 Å². The minimum Gasteiger partial charge on any atom is -0.386 e. The first-order valence-electron chi connectivity index (χ1n) is 9.28. The Morgan fingerprint density at radius 2 is 1.90 bits per heavy atom. The Morgan fingerprint density at radius 3 is 2.52 bits per heavy atom. The van der Waals surface area contributed by atoms with Gasteiger partial charge in [0.2, 0.25) is 0 Å². The number of aromatic nitrogens is 1. The van der Waals surface area contributed by atoms with Crippen molar-refractivity contribution in [2.45, 2.75) is 32.5 Å². The van der Waals surface area contributed by atoms with Crippen LogP contribution in [0.4, 0.5) is 4.39 Å². The van der Waals surface area contributed by atoms with E-state index in [-0.39, 0.29) is 23.0 Å². The highest BCUT2D eigenvalue weighted by molar-refractivity contribution is 6.31. The molecule has 2 heterocycles. The summed E-state index contributed by atoms with van der Waals surface area (Å²) in [6.07, 6.45) is 1.64. The molecule has 1 aliphatic rings. The smallest absolute Gasteiger partial charge is 0.256 e. The van der Waals surface area contributed by atoms with Crippen LogP contribution in [0.25, 0.3) is 11.1 Å². The highest BCUT2D eigenvalue weighted by atomic mass is 35.5. The largest absolute Gasteiger partial charge is 0.386 e. The number of pyridine rings is 1. The van der Waals surface area contributed by atoms with Crippen LogP contribution in [0.3, 0.4) is 0 Å². The molecule has 1 aromatic heterocycles. The molecule has 148 valence electrons. The topological polar surface area (TPSA) is 53.4 Å². The van der Waals surface area contributed by atoms with Crippen LogP contribution >= 0.6 is 11.6 Å². The summed E-state index contributed by atoms with van der Waals surface area (Å²) in [4.78, 5) is 18.3. The van der Waals surface area contributed by atoms with Gasteiger partial charge in [-0.05, 0) is 54.8 Å². The Hall–Kier alpha value is -2.76. The molecule has 0 fully saturated rings. The lowest BCUT2D eigenvalue weighted by Crippen LogP contribution is -2.24. The number of benzene rings is 2. The third kappa shape index (κ3) is 3.76. The number of hydrogen-bond acceptors (Lipinski definition) is 3. The number of nitrogens with zero attached hydrogens (tertiary/aromatic N) is 2. The third-order valence-electron chi connectivity index (χ3n) is 5.16. The molecular weight excluding hydrogens is 391 g/mol. The molecule has 4 nitrogen and oxygen atoms in total. The van der Waals surface area contributed by atoms with Crippen molar-refractivity contribution in [1.29, 1.82) is 0 Å². The molecule has 0 spiro atoms. The molecule has 0 radical (unpaired) electrons. The summed E-state index contributed by atoms with van der Waals surface area (Å²) in [5, 5.41) is 10.3. The normalized spacial score (nSPS) is 13.7. The van der Waals surface area contributed by atoms with Gasteiger partial charge in [-0.1, -0.05) is 35.9 Å². The van der Waals surface area contributed by atoms with Gasteiger partial charge in [0.1, 0.15) is 5.82 Å². The third-order valence-corrected chi connectivity index (χ3v) is 5.50. The molecule has 29 heavy (non-hydrogen) atoms. The van der Waals surface area contributed by atoms with Crippen LogP contribution < -0.4 is 0 Å². The van der Waals surface area contributed by atoms with Crippen molar-refractivity contribution in [2.24, 2.45) is 0 Å². The molecule has 0 bridgehead atoms. The summed E-state index contributed by atoms with van der Waals surface area (Å²) >= 11 is 6.39. The highest BCUT2D eigenvalue weighted by Crippen LogP contribution is 2.32. The standard InChI is InChI=1S/C23H20ClFN2O2/c1-23(2,29)16-7-5-14(6-8-16)15-10-19(24)18(20(25)11-15)12-27-13-21-17(22(27)28)4-3-9-26-21/h3-11,29H,12-13H2,1-2H3. The number of aliphatic hydroxyl groups is 1. The van der Waals surface area contributed by atoms with Gasteiger partial charge in [0, 0.05) is 16.8 Å². The number of hydrogen-bond donors (Lipinski definition) is 1. The fraction of sp³-hybridized carbons (Fsp3) is 0.217. The van der Waals surface area contributed by atoms with Gasteiger partial charge in [0.25, 0.3) is 5.91 Å². The van der Waals surface area contributed by atoms with Gasteiger partial charge in [0.15, 0.2) is 0 Å². The first-order chi connectivity index (χ1) is 13.7. The zero-order chi connectivity index (χ0) is 20.8. The first-order valence-corrected chi connectivity index (χ1v) is 9.66. The van der Waals surface area contributed by atoms with Gasteiger partial charge in [-0.25, -0.2) is 4.39 Å². The predicted molar refractivity (Wildman–Crippen MR) is 110 cm³/mol. The Balaban J connectivity index is 1.59. The SMILES string of the molecule is CC(C)(O)c1ccc(-c2cc(F)c(CN3Cc4ncccc4C3=O)c(Cl)c2)cc1. The quantitative estimate of drug-likeness (QED) is 0.663. The molecule has 2 aromatic carbocycles. The van der Waals surface area contributed by atoms with Crippen molar-refractivity contribution in [1.82, 2.24) is 9.88 Å². The summed E-state index contributed by atoms with van der Waals surface area (Å²) in [7, 11) is 0. The maximum Gasteiger partial charge on any atom is 0.256 e. The lowest BCUT2D eigenvalue weighted by Gasteiger charge is -2.19. The van der Waals surface area contributed by atoms with Crippen molar-refractivity contribution in [3.63, 3.8) is 0 Å². The van der Waals surface area contributed by atoms with Crippen LogP contribution in [0.2, 0.25) is 5.02 Å². The Labute approximate surface area is 173 Å². The van der Waals surface area contributed by atoms with Crippen LogP contribution in [-0.4, -0.2) is 20.9 Å². The van der Waals surface area contributed by atoms with Gasteiger partial charge in [-0.15, -0.1) is 0 Å². The molecule has 3 aromatic rings. The zero-order valence-corrected chi connectivity index (χ0v) is 16.9. The van der Waals surface area contributed by atoms with E-state index in [1.807, 2.05) is 24.3 Å². The Kier molecular flexibility index (Phi) is 4.89. The fourth-order valence-corrected chi connectivity index (χ4v) is 3.76. The van der Waals surface area contributed by atoms with Crippen LogP contribution in [0.1, 0.15) is 41.0 Å². The molecule has 1 amide bonds. The first kappa shape index (κ1) is 19.6. The Bertz CT molecular complexity index is 1070. The van der Waals surface area contributed by atoms with Crippen molar-refractivity contribution >= 4 is 17.5 Å². The molecule has 0 saturated heterocycles. The second-order valence-corrected chi connectivity index (χ2v) is 8.12. The maximum atomic E-state index is 14.9. The molecule has 4 rings (SSSR count). The fourth-order valence-electron chi connectivity index (χ4n) is 3.49. The van der Waals surface area contributed by atoms with Crippen molar-refractivity contribution in [2.75, 3.05) is 0 Å². The van der Waals surface area contributed by atoms with Crippen molar-refractivity contribution in [3.8, 4) is 11.1 Å². The van der Waals surface area contributed by atoms with E-state index in [0.717, 1.165) is 11.1 Å². The summed E-state index contributed by atoms with van der Waals surface area (Å²) in [6, 6.07) is 13.8. The van der Waals surface area contributed by atoms with E-state index in [0.29, 0.717) is 23.4 Å². The molecule has 0 aliphatic carbocycles. The number of fused-ring (bicyclic) bond motifs is 1. The van der Waals surface area contributed by atoms with Gasteiger partial charge < -0.3 is 10.0 Å². The number of halogens is 2. The summed E-state index contributed by atoms with van der Waals surface area (Å²) in [6.45, 7) is 3.84. The molecular formula is C23H20ClFN2O2. The molecule has 0 atom stereocenters. The number of carbonyl (C=O) groups is 1. The molecule has 1 N–H and O–H groups in total. The lowest BCUT2D eigenvalue weighted by molar-refractivity contribution is 0.0763. The van der Waals surface area contributed by atoms with Crippen LogP contribution in [0.15, 0.2) is 54.7 Å². The monoisotopic (exact) mass is 410 g/mol. The summed E-state index contributed by atoms with van der Waals surface area (Å²) < 4.78 is 14.9. The summed E-state index contributed by atoms with van der Waals surface area (Å²) in [5.41, 5.74) is 2.77. The number of rotatable bonds is 4. The van der Waals surface area contributed by atoms with E-state index in [1.165, 1.54) is 6.07 Å². The van der Waals surface area contributed by atoms with Gasteiger partial charge in [-0.3, -0.25) is 9.78 Å². The molecule has 0 saturated carbocycles. The molecule has 1 aliphatic heterocycles. The van der Waals surface area contributed by atoms with Gasteiger partial charge in [-0.2, -0.15) is 0 Å². The second kappa shape index (κ2) is 7.25.